The lowest BCUT2D eigenvalue weighted by Gasteiger charge is -2.48. The molecule has 0 saturated carbocycles. The number of halogens is 3. The summed E-state index contributed by atoms with van der Waals surface area (Å²) in [5, 5.41) is 43.7. The van der Waals surface area contributed by atoms with E-state index in [1.807, 2.05) is 0 Å². The van der Waals surface area contributed by atoms with Crippen LogP contribution in [0, 0.1) is 24.8 Å². The van der Waals surface area contributed by atoms with Crippen molar-refractivity contribution in [3.05, 3.63) is 97.4 Å². The van der Waals surface area contributed by atoms with E-state index in [9.17, 15) is 24.2 Å². The number of benzene rings is 2. The first-order valence-corrected chi connectivity index (χ1v) is 27.5. The van der Waals surface area contributed by atoms with Crippen molar-refractivity contribution < 1.29 is 28.5 Å². The number of hydrogen-bond acceptors (Lipinski definition) is 20. The summed E-state index contributed by atoms with van der Waals surface area (Å²) in [7, 11) is 2.86. The molecular formula is C55H75ClF2N20O6. The summed E-state index contributed by atoms with van der Waals surface area (Å²) >= 11 is 5.86. The van der Waals surface area contributed by atoms with E-state index in [1.54, 1.807) is 27.7 Å². The first kappa shape index (κ1) is 63.7. The Kier molecular flexibility index (Phi) is 19.4. The molecule has 29 heteroatoms. The van der Waals surface area contributed by atoms with Gasteiger partial charge >= 0.3 is 11.4 Å². The Hall–Kier alpha value is -7.89. The molecule has 4 aromatic heterocycles. The molecule has 10 rings (SSSR count). The third-order valence-electron chi connectivity index (χ3n) is 15.2. The van der Waals surface area contributed by atoms with E-state index >= 15 is 4.39 Å². The van der Waals surface area contributed by atoms with E-state index < -0.39 is 34.2 Å². The molecule has 2 aromatic carbocycles. The van der Waals surface area contributed by atoms with Gasteiger partial charge in [0.05, 0.1) is 37.7 Å². The number of piperidine rings is 2. The van der Waals surface area contributed by atoms with Gasteiger partial charge in [-0.3, -0.25) is 9.80 Å². The lowest BCUT2D eigenvalue weighted by Crippen LogP contribution is -2.55. The fourth-order valence-electron chi connectivity index (χ4n) is 11.2. The molecule has 0 unspecified atom stereocenters. The highest BCUT2D eigenvalue weighted by molar-refractivity contribution is 6.28. The largest absolute Gasteiger partial charge is 0.483 e. The SMILES string of the molecule is C.Cn1nnn(-c2cc(N)c(F)cc2OC(C)(C)CO)c1=O.[C-]#[N+]c1cnc(Cl)nc1N[C@@H]1C[C@@H]2CCCN2C(C)(C)C1.[C-]#[N+]c1cnc(Nc2cc(-n3nnn(C)c3=O)c(OC(C)(C)CO)cc2F)nc1N[C@@H]1C[C@@H]2CCCN2C(C)(C)C1. The maximum Gasteiger partial charge on any atom is 0.368 e. The van der Waals surface area contributed by atoms with E-state index in [-0.39, 0.29) is 88.9 Å². The molecule has 4 aliphatic rings. The minimum atomic E-state index is -1.07. The fraction of sp³-hybridized carbons (Fsp3) is 0.564. The number of nitrogens with zero attached hydrogens (tertiary/aromatic N) is 16. The Balaban J connectivity index is 0.000000198. The van der Waals surface area contributed by atoms with Crippen molar-refractivity contribution in [1.29, 1.82) is 0 Å². The van der Waals surface area contributed by atoms with Crippen molar-refractivity contribution in [2.24, 2.45) is 14.1 Å². The zero-order valence-electron chi connectivity index (χ0n) is 48.2. The molecule has 4 atom stereocenters. The molecule has 0 bridgehead atoms. The summed E-state index contributed by atoms with van der Waals surface area (Å²) in [5.41, 5.74) is 3.35. The highest BCUT2D eigenvalue weighted by atomic mass is 35.5. The Morgan fingerprint density at radius 2 is 1.18 bits per heavy atom. The van der Waals surface area contributed by atoms with Crippen molar-refractivity contribution in [3.63, 3.8) is 0 Å². The summed E-state index contributed by atoms with van der Waals surface area (Å²) in [6, 6.07) is 6.28. The minimum absolute atomic E-state index is 0. The minimum Gasteiger partial charge on any atom is -0.483 e. The zero-order valence-corrected chi connectivity index (χ0v) is 48.9. The number of aliphatic hydroxyl groups is 2. The third-order valence-corrected chi connectivity index (χ3v) is 15.3. The second-order valence-electron chi connectivity index (χ2n) is 23.6. The van der Waals surface area contributed by atoms with Crippen LogP contribution in [0.2, 0.25) is 5.28 Å². The average Bonchev–Trinajstić information content (AvgIpc) is 3.53. The third kappa shape index (κ3) is 14.4. The van der Waals surface area contributed by atoms with Gasteiger partial charge in [0.15, 0.2) is 5.82 Å². The highest BCUT2D eigenvalue weighted by Gasteiger charge is 2.44. The van der Waals surface area contributed by atoms with Crippen molar-refractivity contribution in [1.82, 2.24) is 69.3 Å². The molecule has 8 heterocycles. The molecule has 7 N–H and O–H groups in total. The van der Waals surface area contributed by atoms with Gasteiger partial charge < -0.3 is 41.4 Å². The van der Waals surface area contributed by atoms with Crippen LogP contribution >= 0.6 is 11.6 Å². The van der Waals surface area contributed by atoms with Gasteiger partial charge in [-0.05, 0) is 164 Å². The number of anilines is 5. The summed E-state index contributed by atoms with van der Waals surface area (Å²) in [5.74, 6) is -0.377. The Morgan fingerprint density at radius 3 is 1.63 bits per heavy atom. The van der Waals surface area contributed by atoms with E-state index in [2.05, 4.69) is 104 Å². The average molecular weight is 1190 g/mol. The molecule has 0 spiro atoms. The van der Waals surface area contributed by atoms with Crippen LogP contribution in [0.4, 0.5) is 49.1 Å². The van der Waals surface area contributed by atoms with Crippen molar-refractivity contribution in [3.8, 4) is 22.9 Å². The number of aromatic nitrogens is 12. The number of rotatable bonds is 14. The second kappa shape index (κ2) is 25.5. The van der Waals surface area contributed by atoms with Crippen LogP contribution in [-0.4, -0.2) is 152 Å². The van der Waals surface area contributed by atoms with Gasteiger partial charge in [-0.25, -0.2) is 48.0 Å². The van der Waals surface area contributed by atoms with Gasteiger partial charge in [-0.2, -0.15) is 18.7 Å². The molecule has 84 heavy (non-hydrogen) atoms. The van der Waals surface area contributed by atoms with Gasteiger partial charge in [0.2, 0.25) is 22.6 Å². The van der Waals surface area contributed by atoms with Gasteiger partial charge in [0.25, 0.3) is 0 Å². The van der Waals surface area contributed by atoms with Crippen LogP contribution < -0.4 is 42.5 Å². The Morgan fingerprint density at radius 1 is 0.726 bits per heavy atom. The van der Waals surface area contributed by atoms with Crippen LogP contribution in [0.5, 0.6) is 11.5 Å². The number of nitrogens with one attached hydrogen (secondary N) is 3. The molecule has 0 amide bonds. The van der Waals surface area contributed by atoms with Crippen LogP contribution in [-0.2, 0) is 14.1 Å². The van der Waals surface area contributed by atoms with E-state index in [1.165, 1.54) is 64.4 Å². The molecule has 6 aromatic rings. The van der Waals surface area contributed by atoms with Crippen molar-refractivity contribution in [2.45, 2.75) is 161 Å². The molecular weight excluding hydrogens is 1110 g/mol. The van der Waals surface area contributed by atoms with Crippen LogP contribution in [0.3, 0.4) is 0 Å². The lowest BCUT2D eigenvalue weighted by molar-refractivity contribution is 0.0407. The summed E-state index contributed by atoms with van der Waals surface area (Å²) in [6.07, 6.45) is 11.8. The fourth-order valence-corrected chi connectivity index (χ4v) is 11.3. The van der Waals surface area contributed by atoms with E-state index in [0.717, 1.165) is 69.5 Å². The standard InChI is InChI=1S/C27H35FN10O3.C15H20ClN5.C12H16FN5O3.CH4/c1-26(2)13-16(10-17-8-7-9-37(17)26)31-23-20(29-5)14-30-24(33-23)32-19-12-21(38-25(40)36(6)34-35-38)22(11-18(19)28)41-27(3,4)15-39;1-15(2)8-10(7-11-5-4-6-21(11)15)19-13-12(17-3)9-18-14(16)20-13;1-12(2,6-19)21-10-4-7(13)8(14)5-9(10)18-11(20)17(3)15-16-18;/h11-12,14,16-17,39H,7-10,13,15H2,1-4,6H3,(H2,30,31,32,33);9-11H,4-8H2,1-2H3,(H,18,19,20);4-5,19H,6,14H2,1-3H3;1H4/t16-,17+;10-,11+;;/m11../s1. The lowest BCUT2D eigenvalue weighted by atomic mass is 9.84. The maximum absolute atomic E-state index is 15.4. The van der Waals surface area contributed by atoms with Gasteiger partial charge in [0.1, 0.15) is 51.5 Å². The van der Waals surface area contributed by atoms with Crippen LogP contribution in [0.25, 0.3) is 21.1 Å². The normalized spacial score (nSPS) is 19.8. The highest BCUT2D eigenvalue weighted by Crippen LogP contribution is 2.42. The first-order valence-electron chi connectivity index (χ1n) is 27.1. The summed E-state index contributed by atoms with van der Waals surface area (Å²) in [4.78, 5) is 53.6. The molecule has 26 nitrogen and oxygen atoms in total. The van der Waals surface area contributed by atoms with Crippen LogP contribution in [0.1, 0.15) is 114 Å². The molecule has 4 saturated heterocycles. The monoisotopic (exact) mass is 1180 g/mol. The predicted molar refractivity (Wildman–Crippen MR) is 314 cm³/mol. The number of hydrogen-bond donors (Lipinski definition) is 6. The Labute approximate surface area is 491 Å². The van der Waals surface area contributed by atoms with E-state index in [0.29, 0.717) is 35.4 Å². The topological polar surface area (TPSA) is 293 Å². The van der Waals surface area contributed by atoms with E-state index in [4.69, 9.17) is 40.0 Å². The molecule has 0 radical (unpaired) electrons. The van der Waals surface area contributed by atoms with Crippen LogP contribution in [0.15, 0.2) is 46.2 Å². The maximum atomic E-state index is 15.4. The predicted octanol–water partition coefficient (Wildman–Crippen LogP) is 7.13. The number of tetrazole rings is 2. The molecule has 4 fully saturated rings. The molecule has 452 valence electrons. The number of aryl methyl sites for hydroxylation is 2. The van der Waals surface area contributed by atoms with Crippen molar-refractivity contribution >= 4 is 51.9 Å². The quantitative estimate of drug-likeness (QED) is 0.0359. The van der Waals surface area contributed by atoms with Crippen molar-refractivity contribution in [2.75, 3.05) is 48.0 Å². The molecule has 0 aliphatic carbocycles. The molecule has 4 aliphatic heterocycles. The first-order chi connectivity index (χ1) is 39.1. The number of nitrogens with two attached hydrogens (primary N) is 1. The van der Waals surface area contributed by atoms with Gasteiger partial charge in [-0.15, -0.1) is 0 Å². The summed E-state index contributed by atoms with van der Waals surface area (Å²) < 4.78 is 44.4. The zero-order chi connectivity index (χ0) is 60.3. The second-order valence-corrected chi connectivity index (χ2v) is 23.9. The number of nitrogen functional groups attached to an aromatic ring is 1. The Bertz CT molecular complexity index is 3530. The van der Waals surface area contributed by atoms with Gasteiger partial charge in [0, 0.05) is 73.9 Å². The number of ether oxygens (including phenoxy) is 2. The number of aliphatic hydroxyl groups excluding tert-OH is 2. The summed E-state index contributed by atoms with van der Waals surface area (Å²) in [6.45, 7) is 32.1. The number of fused-ring (bicyclic) bond motifs is 2. The smallest absolute Gasteiger partial charge is 0.368 e. The van der Waals surface area contributed by atoms with Gasteiger partial charge in [-0.1, -0.05) is 7.43 Å².